The van der Waals surface area contributed by atoms with Gasteiger partial charge < -0.3 is 15.0 Å². The maximum atomic E-state index is 14.1. The smallest absolute Gasteiger partial charge is 0.322 e. The van der Waals surface area contributed by atoms with Gasteiger partial charge in [-0.25, -0.2) is 13.6 Å². The van der Waals surface area contributed by atoms with Crippen molar-refractivity contribution in [3.05, 3.63) is 95.1 Å². The normalized spacial score (nSPS) is 13.0. The molecule has 4 rings (SSSR count). The van der Waals surface area contributed by atoms with Crippen LogP contribution < -0.4 is 10.1 Å². The van der Waals surface area contributed by atoms with E-state index in [4.69, 9.17) is 4.74 Å². The third-order valence-corrected chi connectivity index (χ3v) is 5.44. The largest absolute Gasteiger partial charge is 0.496 e. The summed E-state index contributed by atoms with van der Waals surface area (Å²) in [6, 6.07) is 18.2. The number of fused-ring (bicyclic) bond motifs is 1. The van der Waals surface area contributed by atoms with Gasteiger partial charge in [0.2, 0.25) is 0 Å². The minimum atomic E-state index is -0.810. The topological polar surface area (TPSA) is 41.6 Å². The van der Waals surface area contributed by atoms with Crippen molar-refractivity contribution in [3.63, 3.8) is 0 Å². The van der Waals surface area contributed by atoms with Crippen molar-refractivity contribution in [3.8, 4) is 5.75 Å². The van der Waals surface area contributed by atoms with Crippen molar-refractivity contribution in [2.24, 2.45) is 0 Å². The standard InChI is InChI=1S/C24H22F2N2O2/c1-30-23-9-5-4-8-18(23)15-28(20-12-16-6-2-3-7-17(16)13-20)24(29)27-22-11-10-19(25)14-21(22)26/h2-11,14,20H,12-13,15H2,1H3,(H,27,29). The van der Waals surface area contributed by atoms with Crippen LogP contribution in [0.5, 0.6) is 5.75 Å². The lowest BCUT2D eigenvalue weighted by molar-refractivity contribution is 0.185. The highest BCUT2D eigenvalue weighted by molar-refractivity contribution is 5.89. The fourth-order valence-corrected chi connectivity index (χ4v) is 3.92. The number of nitrogens with zero attached hydrogens (tertiary/aromatic N) is 1. The predicted molar refractivity (Wildman–Crippen MR) is 112 cm³/mol. The lowest BCUT2D eigenvalue weighted by Crippen LogP contribution is -2.43. The van der Waals surface area contributed by atoms with Gasteiger partial charge in [-0.1, -0.05) is 42.5 Å². The molecular weight excluding hydrogens is 386 g/mol. The Morgan fingerprint density at radius 1 is 1.03 bits per heavy atom. The number of methoxy groups -OCH3 is 1. The molecular formula is C24H22F2N2O2. The number of carbonyl (C=O) groups excluding carboxylic acids is 1. The molecule has 0 fully saturated rings. The predicted octanol–water partition coefficient (Wildman–Crippen LogP) is 5.17. The van der Waals surface area contributed by atoms with E-state index in [-0.39, 0.29) is 11.7 Å². The van der Waals surface area contributed by atoms with E-state index in [9.17, 15) is 13.6 Å². The Bertz CT molecular complexity index is 1050. The highest BCUT2D eigenvalue weighted by Gasteiger charge is 2.31. The van der Waals surface area contributed by atoms with Crippen LogP contribution in [-0.4, -0.2) is 24.1 Å². The molecule has 3 aromatic carbocycles. The minimum Gasteiger partial charge on any atom is -0.496 e. The van der Waals surface area contributed by atoms with E-state index >= 15 is 0 Å². The highest BCUT2D eigenvalue weighted by atomic mass is 19.1. The Labute approximate surface area is 174 Å². The highest BCUT2D eigenvalue weighted by Crippen LogP contribution is 2.29. The number of hydrogen-bond acceptors (Lipinski definition) is 2. The van der Waals surface area contributed by atoms with Crippen molar-refractivity contribution in [1.82, 2.24) is 4.90 Å². The van der Waals surface area contributed by atoms with E-state index in [1.54, 1.807) is 12.0 Å². The van der Waals surface area contributed by atoms with Crippen molar-refractivity contribution < 1.29 is 18.3 Å². The molecule has 0 aliphatic heterocycles. The molecule has 1 aliphatic carbocycles. The third kappa shape index (κ3) is 4.13. The molecule has 0 atom stereocenters. The lowest BCUT2D eigenvalue weighted by atomic mass is 10.1. The summed E-state index contributed by atoms with van der Waals surface area (Å²) in [5, 5.41) is 2.60. The number of anilines is 1. The second-order valence-electron chi connectivity index (χ2n) is 7.32. The number of ether oxygens (including phenoxy) is 1. The van der Waals surface area contributed by atoms with Crippen molar-refractivity contribution in [2.45, 2.75) is 25.4 Å². The fourth-order valence-electron chi connectivity index (χ4n) is 3.92. The first-order chi connectivity index (χ1) is 14.5. The maximum absolute atomic E-state index is 14.1. The van der Waals surface area contributed by atoms with Gasteiger partial charge in [0.05, 0.1) is 19.3 Å². The lowest BCUT2D eigenvalue weighted by Gasteiger charge is -2.30. The minimum absolute atomic E-state index is 0.0538. The zero-order chi connectivity index (χ0) is 21.1. The van der Waals surface area contributed by atoms with E-state index < -0.39 is 17.7 Å². The summed E-state index contributed by atoms with van der Waals surface area (Å²) >= 11 is 0. The maximum Gasteiger partial charge on any atom is 0.322 e. The van der Waals surface area contributed by atoms with Crippen LogP contribution in [-0.2, 0) is 19.4 Å². The number of carbonyl (C=O) groups is 1. The first-order valence-electron chi connectivity index (χ1n) is 9.76. The van der Waals surface area contributed by atoms with Gasteiger partial charge in [-0.15, -0.1) is 0 Å². The monoisotopic (exact) mass is 408 g/mol. The molecule has 1 aliphatic rings. The van der Waals surface area contributed by atoms with E-state index in [2.05, 4.69) is 17.4 Å². The van der Waals surface area contributed by atoms with E-state index in [0.717, 1.165) is 17.7 Å². The number of hydrogen-bond donors (Lipinski definition) is 1. The third-order valence-electron chi connectivity index (χ3n) is 5.44. The van der Waals surface area contributed by atoms with Crippen LogP contribution in [0.1, 0.15) is 16.7 Å². The summed E-state index contributed by atoms with van der Waals surface area (Å²) in [7, 11) is 1.59. The van der Waals surface area contributed by atoms with E-state index in [0.29, 0.717) is 25.1 Å². The van der Waals surface area contributed by atoms with Gasteiger partial charge in [-0.05, 0) is 42.2 Å². The Balaban J connectivity index is 1.62. The number of halogens is 2. The number of amides is 2. The van der Waals surface area contributed by atoms with Crippen LogP contribution in [0.25, 0.3) is 0 Å². The summed E-state index contributed by atoms with van der Waals surface area (Å²) in [6.07, 6.45) is 1.43. The van der Waals surface area contributed by atoms with Gasteiger partial charge in [0.25, 0.3) is 0 Å². The zero-order valence-corrected chi connectivity index (χ0v) is 16.6. The molecule has 0 spiro atoms. The van der Waals surface area contributed by atoms with Gasteiger partial charge in [-0.2, -0.15) is 0 Å². The Hall–Kier alpha value is -3.41. The molecule has 0 saturated carbocycles. The summed E-state index contributed by atoms with van der Waals surface area (Å²) in [5.74, 6) is -0.823. The van der Waals surface area contributed by atoms with Gasteiger partial charge >= 0.3 is 6.03 Å². The molecule has 0 bridgehead atoms. The molecule has 3 aromatic rings. The fraction of sp³-hybridized carbons (Fsp3) is 0.208. The summed E-state index contributed by atoms with van der Waals surface area (Å²) in [5.41, 5.74) is 3.20. The summed E-state index contributed by atoms with van der Waals surface area (Å²) < 4.78 is 32.8. The van der Waals surface area contributed by atoms with E-state index in [1.807, 2.05) is 36.4 Å². The van der Waals surface area contributed by atoms with Crippen molar-refractivity contribution in [1.29, 1.82) is 0 Å². The molecule has 1 N–H and O–H groups in total. The van der Waals surface area contributed by atoms with Gasteiger partial charge in [-0.3, -0.25) is 0 Å². The second-order valence-corrected chi connectivity index (χ2v) is 7.32. The number of urea groups is 1. The van der Waals surface area contributed by atoms with Crippen molar-refractivity contribution in [2.75, 3.05) is 12.4 Å². The van der Waals surface area contributed by atoms with Gasteiger partial charge in [0.15, 0.2) is 0 Å². The quantitative estimate of drug-likeness (QED) is 0.632. The molecule has 2 amide bonds. The Morgan fingerprint density at radius 3 is 2.37 bits per heavy atom. The first-order valence-corrected chi connectivity index (χ1v) is 9.76. The number of rotatable bonds is 5. The Morgan fingerprint density at radius 2 is 1.70 bits per heavy atom. The average Bonchev–Trinajstić information content (AvgIpc) is 3.18. The van der Waals surface area contributed by atoms with Crippen molar-refractivity contribution >= 4 is 11.7 Å². The first kappa shape index (κ1) is 19.9. The van der Waals surface area contributed by atoms with Crippen LogP contribution in [0.3, 0.4) is 0 Å². The summed E-state index contributed by atoms with van der Waals surface area (Å²) in [6.45, 7) is 0.303. The molecule has 6 heteroatoms. The molecule has 0 aromatic heterocycles. The molecule has 0 heterocycles. The SMILES string of the molecule is COc1ccccc1CN(C(=O)Nc1ccc(F)cc1F)C1Cc2ccccc2C1. The van der Waals surface area contributed by atoms with E-state index in [1.165, 1.54) is 17.2 Å². The molecule has 0 saturated heterocycles. The average molecular weight is 408 g/mol. The van der Waals surface area contributed by atoms with Gasteiger partial charge in [0, 0.05) is 17.7 Å². The Kier molecular flexibility index (Phi) is 5.65. The molecule has 4 nitrogen and oxygen atoms in total. The molecule has 154 valence electrons. The molecule has 0 radical (unpaired) electrons. The van der Waals surface area contributed by atoms with Crippen LogP contribution in [0.15, 0.2) is 66.7 Å². The zero-order valence-electron chi connectivity index (χ0n) is 16.6. The van der Waals surface area contributed by atoms with Crippen LogP contribution >= 0.6 is 0 Å². The molecule has 0 unspecified atom stereocenters. The summed E-state index contributed by atoms with van der Waals surface area (Å²) in [4.78, 5) is 14.9. The molecule has 30 heavy (non-hydrogen) atoms. The number of benzene rings is 3. The van der Waals surface area contributed by atoms with Crippen LogP contribution in [0, 0.1) is 11.6 Å². The van der Waals surface area contributed by atoms with Gasteiger partial charge in [0.1, 0.15) is 17.4 Å². The number of para-hydroxylation sites is 1. The van der Waals surface area contributed by atoms with Crippen LogP contribution in [0.2, 0.25) is 0 Å². The van der Waals surface area contributed by atoms with Crippen LogP contribution in [0.4, 0.5) is 19.3 Å². The second kappa shape index (κ2) is 8.53. The number of nitrogens with one attached hydrogen (secondary N) is 1.